The first kappa shape index (κ1) is 22.2. The van der Waals surface area contributed by atoms with Gasteiger partial charge in [0.2, 0.25) is 0 Å². The lowest BCUT2D eigenvalue weighted by molar-refractivity contribution is 0.0498. The summed E-state index contributed by atoms with van der Waals surface area (Å²) in [7, 11) is 3.10. The summed E-state index contributed by atoms with van der Waals surface area (Å²) in [5.74, 6) is 0.0655. The number of halogens is 1. The summed E-state index contributed by atoms with van der Waals surface area (Å²) in [5.41, 5.74) is 3.74. The van der Waals surface area contributed by atoms with E-state index in [0.29, 0.717) is 41.5 Å². The van der Waals surface area contributed by atoms with Gasteiger partial charge in [0.1, 0.15) is 12.4 Å². The van der Waals surface area contributed by atoms with Crippen molar-refractivity contribution >= 4 is 17.3 Å². The van der Waals surface area contributed by atoms with E-state index in [9.17, 15) is 9.18 Å². The molecule has 0 saturated carbocycles. The van der Waals surface area contributed by atoms with Crippen LogP contribution in [0.2, 0.25) is 0 Å². The minimum Gasteiger partial charge on any atom is -0.492 e. The minimum absolute atomic E-state index is 0.0483. The van der Waals surface area contributed by atoms with Crippen LogP contribution in [-0.2, 0) is 4.74 Å². The summed E-state index contributed by atoms with van der Waals surface area (Å²) in [6.07, 6.45) is 5.90. The van der Waals surface area contributed by atoms with E-state index in [0.717, 1.165) is 30.5 Å². The molecule has 3 aromatic rings. The molecule has 1 amide bonds. The molecule has 0 saturated heterocycles. The number of carbonyl (C=O) groups is 1. The number of para-hydroxylation sites is 1. The van der Waals surface area contributed by atoms with Crippen molar-refractivity contribution in [3.63, 3.8) is 0 Å². The van der Waals surface area contributed by atoms with E-state index in [2.05, 4.69) is 20.6 Å². The molecule has 2 atom stereocenters. The predicted molar refractivity (Wildman–Crippen MR) is 125 cm³/mol. The molecule has 34 heavy (non-hydrogen) atoms. The third kappa shape index (κ3) is 3.96. The number of carbonyl (C=O) groups excluding carboxylic acids is 1. The molecule has 9 heteroatoms. The number of nitrogens with zero attached hydrogens (tertiary/aromatic N) is 1. The maximum Gasteiger partial charge on any atom is 0.255 e. The van der Waals surface area contributed by atoms with Gasteiger partial charge in [0.05, 0.1) is 42.0 Å². The van der Waals surface area contributed by atoms with Crippen LogP contribution in [0.25, 0.3) is 11.3 Å². The Labute approximate surface area is 196 Å². The summed E-state index contributed by atoms with van der Waals surface area (Å²) >= 11 is 0. The van der Waals surface area contributed by atoms with Crippen molar-refractivity contribution in [3.05, 3.63) is 53.7 Å². The third-order valence-electron chi connectivity index (χ3n) is 6.49. The van der Waals surface area contributed by atoms with Crippen LogP contribution in [-0.4, -0.2) is 49.4 Å². The molecule has 178 valence electrons. The van der Waals surface area contributed by atoms with Crippen molar-refractivity contribution in [3.8, 4) is 22.8 Å². The number of aromatic nitrogens is 2. The first-order valence-electron chi connectivity index (χ1n) is 11.3. The van der Waals surface area contributed by atoms with E-state index in [1.807, 2.05) is 6.07 Å². The summed E-state index contributed by atoms with van der Waals surface area (Å²) in [6.45, 7) is 0.934. The van der Waals surface area contributed by atoms with Crippen molar-refractivity contribution in [2.75, 3.05) is 32.7 Å². The summed E-state index contributed by atoms with van der Waals surface area (Å²) < 4.78 is 31.5. The number of H-pyrrole nitrogens is 1. The van der Waals surface area contributed by atoms with Crippen molar-refractivity contribution in [1.29, 1.82) is 0 Å². The fourth-order valence-corrected chi connectivity index (χ4v) is 4.74. The topological polar surface area (TPSA) is 97.5 Å². The Kier molecular flexibility index (Phi) is 6.10. The fraction of sp³-hybridized carbons (Fsp3) is 0.360. The number of rotatable bonds is 4. The van der Waals surface area contributed by atoms with Gasteiger partial charge in [-0.1, -0.05) is 12.5 Å². The van der Waals surface area contributed by atoms with Crippen LogP contribution in [0.1, 0.15) is 41.2 Å². The normalized spacial score (nSPS) is 19.7. The molecule has 2 bridgehead atoms. The lowest BCUT2D eigenvalue weighted by atomic mass is 9.91. The smallest absolute Gasteiger partial charge is 0.255 e. The minimum atomic E-state index is -0.495. The van der Waals surface area contributed by atoms with Crippen molar-refractivity contribution in [2.24, 2.45) is 0 Å². The largest absolute Gasteiger partial charge is 0.492 e. The monoisotopic (exact) mass is 466 g/mol. The summed E-state index contributed by atoms with van der Waals surface area (Å²) in [5, 5.41) is 6.30. The number of aromatic amines is 1. The molecule has 0 spiro atoms. The average molecular weight is 467 g/mol. The van der Waals surface area contributed by atoms with Gasteiger partial charge in [-0.25, -0.2) is 4.39 Å². The molecule has 4 heterocycles. The van der Waals surface area contributed by atoms with E-state index in [1.165, 1.54) is 13.2 Å². The second kappa shape index (κ2) is 9.34. The quantitative estimate of drug-likeness (QED) is 0.528. The summed E-state index contributed by atoms with van der Waals surface area (Å²) in [4.78, 5) is 20.8. The molecule has 5 rings (SSSR count). The lowest BCUT2D eigenvalue weighted by Crippen LogP contribution is -2.35. The van der Waals surface area contributed by atoms with Crippen molar-refractivity contribution < 1.29 is 23.4 Å². The fourth-order valence-electron chi connectivity index (χ4n) is 4.74. The summed E-state index contributed by atoms with van der Waals surface area (Å²) in [6, 6.07) is 6.47. The number of hydrogen-bond acceptors (Lipinski definition) is 6. The highest BCUT2D eigenvalue weighted by atomic mass is 19.1. The van der Waals surface area contributed by atoms with Gasteiger partial charge in [0.25, 0.3) is 5.91 Å². The van der Waals surface area contributed by atoms with Gasteiger partial charge in [-0.15, -0.1) is 0 Å². The van der Waals surface area contributed by atoms with Crippen LogP contribution in [0.4, 0.5) is 15.8 Å². The molecule has 0 unspecified atom stereocenters. The van der Waals surface area contributed by atoms with E-state index < -0.39 is 5.82 Å². The average Bonchev–Trinajstić information content (AvgIpc) is 3.22. The van der Waals surface area contributed by atoms with Crippen LogP contribution < -0.4 is 20.1 Å². The van der Waals surface area contributed by atoms with Crippen LogP contribution >= 0.6 is 0 Å². The van der Waals surface area contributed by atoms with Gasteiger partial charge in [-0.3, -0.25) is 9.78 Å². The Balaban J connectivity index is 1.70. The lowest BCUT2D eigenvalue weighted by Gasteiger charge is -2.24. The molecule has 3 N–H and O–H groups in total. The highest BCUT2D eigenvalue weighted by Gasteiger charge is 2.34. The second-order valence-electron chi connectivity index (χ2n) is 8.49. The Morgan fingerprint density at radius 2 is 2.12 bits per heavy atom. The molecular formula is C25H27FN4O4. The molecule has 8 nitrogen and oxygen atoms in total. The maximum atomic E-state index is 14.4. The van der Waals surface area contributed by atoms with Gasteiger partial charge < -0.3 is 29.8 Å². The maximum absolute atomic E-state index is 14.4. The first-order valence-corrected chi connectivity index (χ1v) is 11.3. The number of pyridine rings is 1. The number of ether oxygens (including phenoxy) is 3. The molecule has 0 fully saturated rings. The standard InChI is InChI=1S/C25H27FN4O4/c1-32-15-6-3-5-14-11-28-25(31)20-21(14)30-22(16-9-10-27-12-19(16)34-13-15)23(20)29-18-8-4-7-17(26)24(18)33-2/h4,7-10,12,14-15,29-30H,3,5-6,11,13H2,1-2H3,(H,28,31)/t14-,15-/m0/s1. The third-order valence-corrected chi connectivity index (χ3v) is 6.49. The van der Waals surface area contributed by atoms with Gasteiger partial charge >= 0.3 is 0 Å². The highest BCUT2D eigenvalue weighted by molar-refractivity contribution is 6.07. The van der Waals surface area contributed by atoms with Crippen molar-refractivity contribution in [2.45, 2.75) is 31.3 Å². The number of methoxy groups -OCH3 is 2. The zero-order valence-corrected chi connectivity index (χ0v) is 19.1. The molecule has 0 aliphatic carbocycles. The zero-order chi connectivity index (χ0) is 23.7. The Hall–Kier alpha value is -3.59. The molecule has 0 radical (unpaired) electrons. The SMILES string of the molecule is COc1c(F)cccc1Nc1c2[nH]c3c1C(=O)NC[C@@H]3CCC[C@H](OC)COc1cnccc1-2. The molecule has 1 aromatic carbocycles. The zero-order valence-electron chi connectivity index (χ0n) is 19.1. The van der Waals surface area contributed by atoms with E-state index in [-0.39, 0.29) is 23.7 Å². The number of amides is 1. The predicted octanol–water partition coefficient (Wildman–Crippen LogP) is 4.37. The van der Waals surface area contributed by atoms with Crippen LogP contribution in [0, 0.1) is 5.82 Å². The van der Waals surface area contributed by atoms with Crippen LogP contribution in [0.3, 0.4) is 0 Å². The number of nitrogens with one attached hydrogen (secondary N) is 3. The molecule has 2 aliphatic rings. The number of benzene rings is 1. The second-order valence-corrected chi connectivity index (χ2v) is 8.49. The number of hydrogen-bond donors (Lipinski definition) is 3. The highest BCUT2D eigenvalue weighted by Crippen LogP contribution is 2.44. The molecular weight excluding hydrogens is 439 g/mol. The van der Waals surface area contributed by atoms with Crippen molar-refractivity contribution in [1.82, 2.24) is 15.3 Å². The van der Waals surface area contributed by atoms with Crippen LogP contribution in [0.15, 0.2) is 36.7 Å². The number of fused-ring (bicyclic) bond motifs is 3. The van der Waals surface area contributed by atoms with Gasteiger partial charge in [-0.2, -0.15) is 0 Å². The van der Waals surface area contributed by atoms with Gasteiger partial charge in [-0.05, 0) is 31.0 Å². The molecule has 2 aliphatic heterocycles. The Morgan fingerprint density at radius 1 is 1.24 bits per heavy atom. The first-order chi connectivity index (χ1) is 16.6. The van der Waals surface area contributed by atoms with Gasteiger partial charge in [0.15, 0.2) is 11.6 Å². The van der Waals surface area contributed by atoms with E-state index in [4.69, 9.17) is 14.2 Å². The Morgan fingerprint density at radius 3 is 2.94 bits per heavy atom. The Bertz CT molecular complexity index is 1210. The van der Waals surface area contributed by atoms with Crippen LogP contribution in [0.5, 0.6) is 11.5 Å². The van der Waals surface area contributed by atoms with E-state index in [1.54, 1.807) is 31.6 Å². The number of anilines is 2. The van der Waals surface area contributed by atoms with E-state index >= 15 is 0 Å². The molecule has 2 aromatic heterocycles. The van der Waals surface area contributed by atoms with Gasteiger partial charge in [0, 0.05) is 37.0 Å².